The standard InChI is InChI=1S/2C9H17BO4.2C8H13BO4/c2*1-9(5-11-2)7(13-4)6(12-3)8(10)14-9;2*1-10-3-8-4-12-5(6(8)11-2)7(9)13-8/h2*6-8H,5H2,1-4H3;2*5-7H,3-4H2,1-2H3/t2*6-,7+,8-,9-;2*5-,6+,7-,8+/m1010/s1. The molecular weight excluding hydrogens is 708 g/mol. The Hall–Kier alpha value is -0.380. The van der Waals surface area contributed by atoms with Crippen molar-refractivity contribution >= 4 is 31.4 Å². The van der Waals surface area contributed by atoms with E-state index in [2.05, 4.69) is 0 Å². The van der Waals surface area contributed by atoms with Crippen LogP contribution in [-0.2, 0) is 75.8 Å². The zero-order chi connectivity index (χ0) is 40.5. The lowest BCUT2D eigenvalue weighted by Crippen LogP contribution is -2.46. The Balaban J connectivity index is 0.000000194. The molecule has 8 radical (unpaired) electrons. The Bertz CT molecular complexity index is 1030. The molecular formula is C34H60B4O16. The van der Waals surface area contributed by atoms with E-state index in [1.165, 1.54) is 0 Å². The van der Waals surface area contributed by atoms with Crippen LogP contribution in [0, 0.1) is 0 Å². The van der Waals surface area contributed by atoms with E-state index in [1.54, 1.807) is 71.1 Å². The fourth-order valence-corrected chi connectivity index (χ4v) is 8.34. The molecule has 6 rings (SSSR count). The molecule has 20 heteroatoms. The zero-order valence-electron chi connectivity index (χ0n) is 34.0. The van der Waals surface area contributed by atoms with Gasteiger partial charge in [-0.25, -0.2) is 0 Å². The molecule has 0 unspecified atom stereocenters. The Kier molecular flexibility index (Phi) is 18.7. The SMILES string of the molecule is [B][C@@H]1O[C@@]2(COC)CO[C@@H]1[C@@H]2OC.[B][C@@H]1O[C@](C)(COC)[C@@H](OC)[C@H]1OC.[B][C@H]1O[C@@](C)(COC)[C@H](OC)[C@@H]1OC.[B][C@H]1O[C@]2(COC)CO[C@H]1[C@H]2OC. The Morgan fingerprint density at radius 1 is 0.426 bits per heavy atom. The van der Waals surface area contributed by atoms with Gasteiger partial charge in [0.25, 0.3) is 0 Å². The van der Waals surface area contributed by atoms with Crippen molar-refractivity contribution < 1.29 is 75.8 Å². The van der Waals surface area contributed by atoms with Crippen molar-refractivity contribution in [2.24, 2.45) is 0 Å². The summed E-state index contributed by atoms with van der Waals surface area (Å²) in [5.41, 5.74) is -2.06. The van der Waals surface area contributed by atoms with E-state index in [1.807, 2.05) is 13.8 Å². The molecule has 6 fully saturated rings. The molecule has 304 valence electrons. The molecule has 4 bridgehead atoms. The first kappa shape index (κ1) is 48.0. The summed E-state index contributed by atoms with van der Waals surface area (Å²) in [5, 5.41) is 0. The van der Waals surface area contributed by atoms with Crippen molar-refractivity contribution in [3.8, 4) is 0 Å². The quantitative estimate of drug-likeness (QED) is 0.189. The zero-order valence-corrected chi connectivity index (χ0v) is 34.0. The van der Waals surface area contributed by atoms with E-state index >= 15 is 0 Å². The normalized spacial score (nSPS) is 45.7. The monoisotopic (exact) mass is 768 g/mol. The lowest BCUT2D eigenvalue weighted by molar-refractivity contribution is -0.144. The molecule has 6 saturated heterocycles. The van der Waals surface area contributed by atoms with Crippen LogP contribution in [0.5, 0.6) is 0 Å². The van der Waals surface area contributed by atoms with Crippen LogP contribution in [0.25, 0.3) is 0 Å². The second-order valence-electron chi connectivity index (χ2n) is 14.4. The molecule has 54 heavy (non-hydrogen) atoms. The van der Waals surface area contributed by atoms with Crippen LogP contribution in [0.2, 0.25) is 0 Å². The van der Waals surface area contributed by atoms with Gasteiger partial charge >= 0.3 is 0 Å². The first-order chi connectivity index (χ1) is 25.6. The molecule has 6 aliphatic heterocycles. The molecule has 6 heterocycles. The minimum Gasteiger partial charge on any atom is -0.382 e. The van der Waals surface area contributed by atoms with Gasteiger partial charge in [0.2, 0.25) is 0 Å². The van der Waals surface area contributed by atoms with E-state index < -0.39 is 46.4 Å². The highest BCUT2D eigenvalue weighted by Gasteiger charge is 2.61. The summed E-state index contributed by atoms with van der Waals surface area (Å²) in [6, 6.07) is -1.72. The molecule has 0 spiro atoms. The fourth-order valence-electron chi connectivity index (χ4n) is 8.34. The fraction of sp³-hybridized carbons (Fsp3) is 1.00. The molecule has 0 aliphatic carbocycles. The number of hydrogen-bond donors (Lipinski definition) is 0. The minimum atomic E-state index is -0.538. The lowest BCUT2D eigenvalue weighted by atomic mass is 9.90. The smallest absolute Gasteiger partial charge is 0.143 e. The molecule has 0 aromatic carbocycles. The third kappa shape index (κ3) is 9.89. The van der Waals surface area contributed by atoms with Crippen molar-refractivity contribution in [2.45, 2.75) is 109 Å². The summed E-state index contributed by atoms with van der Waals surface area (Å²) >= 11 is 0. The number of ether oxygens (including phenoxy) is 16. The maximum absolute atomic E-state index is 5.78. The van der Waals surface area contributed by atoms with Crippen LogP contribution in [0.4, 0.5) is 0 Å². The van der Waals surface area contributed by atoms with Gasteiger partial charge in [0.15, 0.2) is 0 Å². The third-order valence-electron chi connectivity index (χ3n) is 10.5. The van der Waals surface area contributed by atoms with E-state index in [9.17, 15) is 0 Å². The van der Waals surface area contributed by atoms with Gasteiger partial charge in [-0.15, -0.1) is 0 Å². The summed E-state index contributed by atoms with van der Waals surface area (Å²) in [7, 11) is 39.2. The number of methoxy groups -OCH3 is 10. The highest BCUT2D eigenvalue weighted by molar-refractivity contribution is 6.12. The second kappa shape index (κ2) is 21.0. The van der Waals surface area contributed by atoms with Crippen molar-refractivity contribution in [1.29, 1.82) is 0 Å². The summed E-state index contributed by atoms with van der Waals surface area (Å²) in [6.07, 6.45) is -1.43. The number of hydrogen-bond acceptors (Lipinski definition) is 16. The predicted molar refractivity (Wildman–Crippen MR) is 197 cm³/mol. The summed E-state index contributed by atoms with van der Waals surface area (Å²) in [6.45, 7) is 6.58. The highest BCUT2D eigenvalue weighted by atomic mass is 16.7. The van der Waals surface area contributed by atoms with Gasteiger partial charge in [-0.2, -0.15) is 0 Å². The maximum atomic E-state index is 5.78. The van der Waals surface area contributed by atoms with Gasteiger partial charge in [-0.1, -0.05) is 0 Å². The first-order valence-electron chi connectivity index (χ1n) is 17.7. The van der Waals surface area contributed by atoms with Crippen LogP contribution in [-0.4, -0.2) is 237 Å². The van der Waals surface area contributed by atoms with Gasteiger partial charge in [-0.3, -0.25) is 0 Å². The summed E-state index contributed by atoms with van der Waals surface area (Å²) in [5.74, 6) is 0. The molecule has 0 amide bonds. The van der Waals surface area contributed by atoms with Crippen LogP contribution in [0.3, 0.4) is 0 Å². The van der Waals surface area contributed by atoms with Crippen LogP contribution in [0.1, 0.15) is 13.8 Å². The van der Waals surface area contributed by atoms with E-state index in [-0.39, 0.29) is 48.8 Å². The molecule has 0 N–H and O–H groups in total. The number of fused-ring (bicyclic) bond motifs is 4. The molecule has 16 atom stereocenters. The van der Waals surface area contributed by atoms with Gasteiger partial charge < -0.3 is 75.8 Å². The van der Waals surface area contributed by atoms with Gasteiger partial charge in [-0.05, 0) is 13.8 Å². The minimum absolute atomic E-state index is 0.109. The van der Waals surface area contributed by atoms with Crippen molar-refractivity contribution in [3.05, 3.63) is 0 Å². The van der Waals surface area contributed by atoms with E-state index in [4.69, 9.17) is 107 Å². The summed E-state index contributed by atoms with van der Waals surface area (Å²) in [4.78, 5) is 0. The molecule has 6 aliphatic rings. The molecule has 16 nitrogen and oxygen atoms in total. The van der Waals surface area contributed by atoms with Crippen LogP contribution >= 0.6 is 0 Å². The number of rotatable bonds is 14. The van der Waals surface area contributed by atoms with Crippen molar-refractivity contribution in [1.82, 2.24) is 0 Å². The average Bonchev–Trinajstić information content (AvgIpc) is 3.91. The summed E-state index contributed by atoms with van der Waals surface area (Å²) < 4.78 is 85.5. The lowest BCUT2D eigenvalue weighted by Gasteiger charge is -2.29. The van der Waals surface area contributed by atoms with E-state index in [0.29, 0.717) is 39.6 Å². The van der Waals surface area contributed by atoms with Crippen LogP contribution in [0.15, 0.2) is 0 Å². The topological polar surface area (TPSA) is 148 Å². The second-order valence-corrected chi connectivity index (χ2v) is 14.4. The molecule has 0 aromatic rings. The predicted octanol–water partition coefficient (Wildman–Crippen LogP) is -1.49. The van der Waals surface area contributed by atoms with E-state index in [0.717, 1.165) is 0 Å². The van der Waals surface area contributed by atoms with Gasteiger partial charge in [0.1, 0.15) is 103 Å². The Labute approximate surface area is 326 Å². The highest BCUT2D eigenvalue weighted by Crippen LogP contribution is 2.42. The average molecular weight is 768 g/mol. The largest absolute Gasteiger partial charge is 0.382 e. The Morgan fingerprint density at radius 2 is 0.741 bits per heavy atom. The first-order valence-corrected chi connectivity index (χ1v) is 17.7. The maximum Gasteiger partial charge on any atom is 0.143 e. The van der Waals surface area contributed by atoms with Gasteiger partial charge in [0.05, 0.1) is 39.6 Å². The van der Waals surface area contributed by atoms with Crippen LogP contribution < -0.4 is 0 Å². The molecule has 0 aromatic heterocycles. The van der Waals surface area contributed by atoms with Gasteiger partial charge in [0, 0.05) is 95.1 Å². The third-order valence-corrected chi connectivity index (χ3v) is 10.5. The van der Waals surface area contributed by atoms with Crippen molar-refractivity contribution in [3.63, 3.8) is 0 Å². The molecule has 0 saturated carbocycles. The Morgan fingerprint density at radius 3 is 0.981 bits per heavy atom. The van der Waals surface area contributed by atoms with Crippen molar-refractivity contribution in [2.75, 3.05) is 111 Å².